The van der Waals surface area contributed by atoms with Gasteiger partial charge in [-0.3, -0.25) is 14.3 Å². The average molecular weight is 352 g/mol. The van der Waals surface area contributed by atoms with Crippen molar-refractivity contribution in [3.8, 4) is 0 Å². The van der Waals surface area contributed by atoms with Crippen LogP contribution in [-0.2, 0) is 20.5 Å². The summed E-state index contributed by atoms with van der Waals surface area (Å²) in [7, 11) is 3.59. The highest BCUT2D eigenvalue weighted by atomic mass is 16.2. The maximum absolute atomic E-state index is 12.9. The smallest absolute Gasteiger partial charge is 0.258 e. The van der Waals surface area contributed by atoms with Crippen molar-refractivity contribution in [1.29, 1.82) is 0 Å². The Kier molecular flexibility index (Phi) is 4.68. The van der Waals surface area contributed by atoms with Gasteiger partial charge in [0.25, 0.3) is 11.5 Å². The normalized spacial score (nSPS) is 12.3. The number of aromatic nitrogens is 3. The van der Waals surface area contributed by atoms with E-state index < -0.39 is 0 Å². The lowest BCUT2D eigenvalue weighted by Gasteiger charge is -2.16. The largest absolute Gasteiger partial charge is 0.349 e. The molecule has 1 amide bonds. The van der Waals surface area contributed by atoms with Crippen molar-refractivity contribution >= 4 is 16.7 Å². The fourth-order valence-electron chi connectivity index (χ4n) is 3.37. The minimum Gasteiger partial charge on any atom is -0.349 e. The molecule has 1 aromatic carbocycles. The Morgan fingerprint density at radius 1 is 1.19 bits per heavy atom. The zero-order valence-electron chi connectivity index (χ0n) is 15.8. The molecule has 0 radical (unpaired) electrons. The van der Waals surface area contributed by atoms with Crippen LogP contribution in [0.25, 0.3) is 10.8 Å². The fraction of sp³-hybridized carbons (Fsp3) is 0.350. The second kappa shape index (κ2) is 6.78. The Morgan fingerprint density at radius 2 is 1.85 bits per heavy atom. The summed E-state index contributed by atoms with van der Waals surface area (Å²) >= 11 is 0. The van der Waals surface area contributed by atoms with Crippen LogP contribution < -0.4 is 10.9 Å². The van der Waals surface area contributed by atoms with Crippen molar-refractivity contribution in [2.24, 2.45) is 14.1 Å². The van der Waals surface area contributed by atoms with Gasteiger partial charge < -0.3 is 9.88 Å². The van der Waals surface area contributed by atoms with Crippen LogP contribution in [0.4, 0.5) is 0 Å². The molecule has 1 N–H and O–H groups in total. The Hall–Kier alpha value is -2.89. The lowest BCUT2D eigenvalue weighted by Crippen LogP contribution is -2.35. The first-order chi connectivity index (χ1) is 12.3. The molecule has 136 valence electrons. The van der Waals surface area contributed by atoms with Gasteiger partial charge in [-0.05, 0) is 38.8 Å². The van der Waals surface area contributed by atoms with E-state index in [1.807, 2.05) is 50.7 Å². The maximum Gasteiger partial charge on any atom is 0.258 e. The van der Waals surface area contributed by atoms with Gasteiger partial charge in [0.05, 0.1) is 11.3 Å². The van der Waals surface area contributed by atoms with Gasteiger partial charge in [0, 0.05) is 42.8 Å². The van der Waals surface area contributed by atoms with E-state index in [1.165, 1.54) is 4.57 Å². The van der Waals surface area contributed by atoms with Gasteiger partial charge in [0.15, 0.2) is 0 Å². The molecule has 0 aliphatic carbocycles. The Labute approximate surface area is 152 Å². The average Bonchev–Trinajstić information content (AvgIpc) is 2.84. The van der Waals surface area contributed by atoms with E-state index in [0.717, 1.165) is 17.0 Å². The van der Waals surface area contributed by atoms with Gasteiger partial charge >= 0.3 is 0 Å². The fourth-order valence-corrected chi connectivity index (χ4v) is 3.37. The predicted molar refractivity (Wildman–Crippen MR) is 103 cm³/mol. The van der Waals surface area contributed by atoms with Crippen molar-refractivity contribution in [3.63, 3.8) is 0 Å². The minimum atomic E-state index is -0.177. The molecule has 0 aliphatic rings. The Bertz CT molecular complexity index is 1050. The number of hydrogen-bond acceptors (Lipinski definition) is 3. The molecule has 0 saturated heterocycles. The molecule has 3 rings (SSSR count). The first-order valence-electron chi connectivity index (χ1n) is 8.68. The number of carbonyl (C=O) groups excluding carboxylic acids is 1. The van der Waals surface area contributed by atoms with Crippen LogP contribution in [0.5, 0.6) is 0 Å². The van der Waals surface area contributed by atoms with E-state index in [-0.39, 0.29) is 17.5 Å². The number of nitrogens with one attached hydrogen (secondary N) is 1. The molecule has 2 aromatic heterocycles. The van der Waals surface area contributed by atoms with Crippen molar-refractivity contribution in [2.45, 2.75) is 33.2 Å². The Balaban J connectivity index is 1.87. The zero-order valence-corrected chi connectivity index (χ0v) is 15.8. The monoisotopic (exact) mass is 352 g/mol. The van der Waals surface area contributed by atoms with Gasteiger partial charge in [0.2, 0.25) is 0 Å². The molecule has 0 unspecified atom stereocenters. The first kappa shape index (κ1) is 17.9. The highest BCUT2D eigenvalue weighted by Crippen LogP contribution is 2.17. The summed E-state index contributed by atoms with van der Waals surface area (Å²) in [6.45, 7) is 6.00. The molecule has 0 bridgehead atoms. The lowest BCUT2D eigenvalue weighted by atomic mass is 10.0. The van der Waals surface area contributed by atoms with Gasteiger partial charge in [-0.25, -0.2) is 0 Å². The van der Waals surface area contributed by atoms with E-state index in [0.29, 0.717) is 22.8 Å². The highest BCUT2D eigenvalue weighted by molar-refractivity contribution is 6.06. The molecule has 0 fully saturated rings. The molecule has 26 heavy (non-hydrogen) atoms. The lowest BCUT2D eigenvalue weighted by molar-refractivity contribution is 0.0941. The van der Waals surface area contributed by atoms with Crippen LogP contribution >= 0.6 is 0 Å². The molecule has 0 saturated carbocycles. The van der Waals surface area contributed by atoms with Crippen molar-refractivity contribution in [1.82, 2.24) is 19.7 Å². The number of carbonyl (C=O) groups is 1. The maximum atomic E-state index is 12.9. The van der Waals surface area contributed by atoms with Gasteiger partial charge in [-0.15, -0.1) is 0 Å². The third-order valence-corrected chi connectivity index (χ3v) is 4.88. The summed E-state index contributed by atoms with van der Waals surface area (Å²) in [6, 6.07) is 7.15. The topological polar surface area (TPSA) is 68.9 Å². The van der Waals surface area contributed by atoms with E-state index in [4.69, 9.17) is 0 Å². The number of amides is 1. The third-order valence-electron chi connectivity index (χ3n) is 4.88. The summed E-state index contributed by atoms with van der Waals surface area (Å²) in [6.07, 6.45) is 2.31. The number of pyridine rings is 1. The second-order valence-corrected chi connectivity index (χ2v) is 6.86. The SMILES string of the molecule is Cc1nn(C)c(C)c1C[C@@H](C)NC(=O)c1cn(C)c(=O)c2ccccc12. The number of nitrogens with zero attached hydrogens (tertiary/aromatic N) is 3. The second-order valence-electron chi connectivity index (χ2n) is 6.86. The van der Waals surface area contributed by atoms with E-state index in [1.54, 1.807) is 19.3 Å². The van der Waals surface area contributed by atoms with E-state index in [9.17, 15) is 9.59 Å². The molecule has 0 aliphatic heterocycles. The van der Waals surface area contributed by atoms with Crippen molar-refractivity contribution in [2.75, 3.05) is 0 Å². The molecule has 0 spiro atoms. The predicted octanol–water partition coefficient (Wildman–Crippen LogP) is 2.25. The first-order valence-corrected chi connectivity index (χ1v) is 8.68. The van der Waals surface area contributed by atoms with Crippen LogP contribution in [-0.4, -0.2) is 26.3 Å². The summed E-state index contributed by atoms with van der Waals surface area (Å²) < 4.78 is 3.32. The van der Waals surface area contributed by atoms with Crippen LogP contribution in [0.2, 0.25) is 0 Å². The molecule has 2 heterocycles. The van der Waals surface area contributed by atoms with Crippen molar-refractivity contribution < 1.29 is 4.79 Å². The number of fused-ring (bicyclic) bond motifs is 1. The third kappa shape index (κ3) is 3.14. The molecular weight excluding hydrogens is 328 g/mol. The zero-order chi connectivity index (χ0) is 19.0. The standard InChI is InChI=1S/C20H24N4O2/c1-12(10-17-13(2)22-24(5)14(17)3)21-19(25)18-11-23(4)20(26)16-9-7-6-8-15(16)18/h6-9,11-12H,10H2,1-5H3,(H,21,25)/t12-/m1/s1. The van der Waals surface area contributed by atoms with Crippen LogP contribution in [0.3, 0.4) is 0 Å². The van der Waals surface area contributed by atoms with Crippen LogP contribution in [0, 0.1) is 13.8 Å². The summed E-state index contributed by atoms with van der Waals surface area (Å²) in [5.74, 6) is -0.177. The molecular formula is C20H24N4O2. The summed E-state index contributed by atoms with van der Waals surface area (Å²) in [4.78, 5) is 25.1. The van der Waals surface area contributed by atoms with Crippen LogP contribution in [0.1, 0.15) is 34.2 Å². The van der Waals surface area contributed by atoms with Crippen molar-refractivity contribution in [3.05, 3.63) is 63.3 Å². The number of hydrogen-bond donors (Lipinski definition) is 1. The van der Waals surface area contributed by atoms with E-state index in [2.05, 4.69) is 10.4 Å². The number of benzene rings is 1. The molecule has 6 nitrogen and oxygen atoms in total. The quantitative estimate of drug-likeness (QED) is 0.783. The highest BCUT2D eigenvalue weighted by Gasteiger charge is 2.18. The summed E-state index contributed by atoms with van der Waals surface area (Å²) in [5.41, 5.74) is 3.65. The van der Waals surface area contributed by atoms with Gasteiger partial charge in [-0.1, -0.05) is 18.2 Å². The van der Waals surface area contributed by atoms with Gasteiger partial charge in [0.1, 0.15) is 0 Å². The number of aryl methyl sites for hydroxylation is 3. The number of rotatable bonds is 4. The molecule has 1 atom stereocenters. The van der Waals surface area contributed by atoms with Gasteiger partial charge in [-0.2, -0.15) is 5.10 Å². The summed E-state index contributed by atoms with van der Waals surface area (Å²) in [5, 5.41) is 8.71. The molecule has 3 aromatic rings. The molecule has 6 heteroatoms. The van der Waals surface area contributed by atoms with Crippen LogP contribution in [0.15, 0.2) is 35.3 Å². The minimum absolute atomic E-state index is 0.0555. The Morgan fingerprint density at radius 3 is 2.46 bits per heavy atom. The van der Waals surface area contributed by atoms with E-state index >= 15 is 0 Å².